The Labute approximate surface area is 125 Å². The van der Waals surface area contributed by atoms with Crippen LogP contribution in [-0.2, 0) is 6.42 Å². The average Bonchev–Trinajstić information content (AvgIpc) is 2.78. The van der Waals surface area contributed by atoms with Crippen LogP contribution in [0.2, 0.25) is 0 Å². The summed E-state index contributed by atoms with van der Waals surface area (Å²) < 4.78 is 14.0. The van der Waals surface area contributed by atoms with E-state index < -0.39 is 28.1 Å². The van der Waals surface area contributed by atoms with Gasteiger partial charge in [-0.3, -0.25) is 10.1 Å². The van der Waals surface area contributed by atoms with Gasteiger partial charge in [-0.15, -0.1) is 0 Å². The Hall–Kier alpha value is -2.77. The summed E-state index contributed by atoms with van der Waals surface area (Å²) in [5.74, 6) is -1.89. The highest BCUT2D eigenvalue weighted by Crippen LogP contribution is 2.28. The van der Waals surface area contributed by atoms with Crippen molar-refractivity contribution in [3.8, 4) is 5.69 Å². The number of halogens is 1. The molecule has 2 aromatic rings. The molecule has 0 radical (unpaired) electrons. The van der Waals surface area contributed by atoms with Crippen molar-refractivity contribution in [1.29, 1.82) is 0 Å². The molecule has 0 fully saturated rings. The predicted molar refractivity (Wildman–Crippen MR) is 75.7 cm³/mol. The molecule has 7 nitrogen and oxygen atoms in total. The minimum absolute atomic E-state index is 0.0666. The molecular formula is C14H14FN3O4. The SMILES string of the molecule is CC(C)Cc1nn(-c2ccc(F)cc2)c(C(=O)O)c1[N+](=O)[O-]. The van der Waals surface area contributed by atoms with Crippen LogP contribution < -0.4 is 0 Å². The molecule has 0 atom stereocenters. The van der Waals surface area contributed by atoms with Crippen molar-refractivity contribution in [2.24, 2.45) is 5.92 Å². The molecule has 8 heteroatoms. The summed E-state index contributed by atoms with van der Waals surface area (Å²) >= 11 is 0. The van der Waals surface area contributed by atoms with Gasteiger partial charge in [0.1, 0.15) is 11.5 Å². The number of aromatic nitrogens is 2. The number of nitro groups is 1. The van der Waals surface area contributed by atoms with Gasteiger partial charge in [-0.2, -0.15) is 5.10 Å². The molecule has 0 amide bonds. The zero-order valence-electron chi connectivity index (χ0n) is 12.0. The van der Waals surface area contributed by atoms with Gasteiger partial charge in [-0.05, 0) is 30.2 Å². The van der Waals surface area contributed by atoms with Crippen molar-refractivity contribution in [3.05, 3.63) is 51.6 Å². The third-order valence-electron chi connectivity index (χ3n) is 2.99. The Morgan fingerprint density at radius 3 is 2.45 bits per heavy atom. The lowest BCUT2D eigenvalue weighted by atomic mass is 10.1. The lowest BCUT2D eigenvalue weighted by Gasteiger charge is -2.03. The van der Waals surface area contributed by atoms with Crippen molar-refractivity contribution in [3.63, 3.8) is 0 Å². The van der Waals surface area contributed by atoms with Crippen LogP contribution in [-0.4, -0.2) is 25.8 Å². The first-order valence-electron chi connectivity index (χ1n) is 6.56. The Bertz CT molecular complexity index is 722. The van der Waals surface area contributed by atoms with E-state index in [9.17, 15) is 24.4 Å². The number of benzene rings is 1. The zero-order valence-corrected chi connectivity index (χ0v) is 12.0. The molecule has 0 saturated carbocycles. The topological polar surface area (TPSA) is 98.3 Å². The summed E-state index contributed by atoms with van der Waals surface area (Å²) in [4.78, 5) is 22.0. The lowest BCUT2D eigenvalue weighted by molar-refractivity contribution is -0.386. The van der Waals surface area contributed by atoms with E-state index in [0.717, 1.165) is 16.8 Å². The first kappa shape index (κ1) is 15.6. The second-order valence-corrected chi connectivity index (χ2v) is 5.19. The van der Waals surface area contributed by atoms with E-state index in [-0.39, 0.29) is 23.7 Å². The number of aromatic carboxylic acids is 1. The molecular weight excluding hydrogens is 293 g/mol. The molecule has 2 rings (SSSR count). The minimum Gasteiger partial charge on any atom is -0.476 e. The van der Waals surface area contributed by atoms with E-state index >= 15 is 0 Å². The largest absolute Gasteiger partial charge is 0.476 e. The van der Waals surface area contributed by atoms with E-state index in [1.54, 1.807) is 0 Å². The van der Waals surface area contributed by atoms with Crippen molar-refractivity contribution < 1.29 is 19.2 Å². The van der Waals surface area contributed by atoms with Crippen LogP contribution in [0.5, 0.6) is 0 Å². The van der Waals surface area contributed by atoms with Gasteiger partial charge in [0, 0.05) is 6.42 Å². The first-order chi connectivity index (χ1) is 10.3. The van der Waals surface area contributed by atoms with Gasteiger partial charge in [-0.25, -0.2) is 13.9 Å². The van der Waals surface area contributed by atoms with E-state index in [2.05, 4.69) is 5.10 Å². The number of hydrogen-bond donors (Lipinski definition) is 1. The molecule has 1 heterocycles. The molecule has 1 N–H and O–H groups in total. The van der Waals surface area contributed by atoms with Crippen LogP contribution in [0.25, 0.3) is 5.69 Å². The van der Waals surface area contributed by atoms with Crippen molar-refractivity contribution in [1.82, 2.24) is 9.78 Å². The summed E-state index contributed by atoms with van der Waals surface area (Å²) in [5.41, 5.74) is -0.712. The monoisotopic (exact) mass is 307 g/mol. The second kappa shape index (κ2) is 5.92. The second-order valence-electron chi connectivity index (χ2n) is 5.19. The number of rotatable bonds is 5. The fourth-order valence-electron chi connectivity index (χ4n) is 2.13. The van der Waals surface area contributed by atoms with Crippen LogP contribution in [0.4, 0.5) is 10.1 Å². The van der Waals surface area contributed by atoms with Crippen molar-refractivity contribution >= 4 is 11.7 Å². The fourth-order valence-corrected chi connectivity index (χ4v) is 2.13. The summed E-state index contributed by atoms with van der Waals surface area (Å²) in [7, 11) is 0. The van der Waals surface area contributed by atoms with Gasteiger partial charge in [-0.1, -0.05) is 13.8 Å². The van der Waals surface area contributed by atoms with Gasteiger partial charge < -0.3 is 5.11 Å². The molecule has 0 saturated heterocycles. The van der Waals surface area contributed by atoms with Gasteiger partial charge in [0.05, 0.1) is 10.6 Å². The Morgan fingerprint density at radius 2 is 2.00 bits per heavy atom. The van der Waals surface area contributed by atoms with Crippen molar-refractivity contribution in [2.45, 2.75) is 20.3 Å². The number of hydrogen-bond acceptors (Lipinski definition) is 4. The predicted octanol–water partition coefficient (Wildman–Crippen LogP) is 2.82. The molecule has 116 valence electrons. The summed E-state index contributed by atoms with van der Waals surface area (Å²) in [6.07, 6.45) is 0.269. The quantitative estimate of drug-likeness (QED) is 0.676. The van der Waals surface area contributed by atoms with Crippen LogP contribution in [0, 0.1) is 21.8 Å². The molecule has 22 heavy (non-hydrogen) atoms. The molecule has 0 aliphatic rings. The molecule has 0 unspecified atom stereocenters. The van der Waals surface area contributed by atoms with Gasteiger partial charge in [0.2, 0.25) is 5.69 Å². The fraction of sp³-hybridized carbons (Fsp3) is 0.286. The first-order valence-corrected chi connectivity index (χ1v) is 6.56. The number of nitrogens with zero attached hydrogens (tertiary/aromatic N) is 3. The number of carbonyl (C=O) groups is 1. The summed E-state index contributed by atoms with van der Waals surface area (Å²) in [5, 5.41) is 24.6. The molecule has 1 aromatic carbocycles. The standard InChI is InChI=1S/C14H14FN3O4/c1-8(2)7-11-12(18(21)22)13(14(19)20)17(16-11)10-5-3-9(15)4-6-10/h3-6,8H,7H2,1-2H3,(H,19,20). The van der Waals surface area contributed by atoms with Crippen LogP contribution in [0.3, 0.4) is 0 Å². The Morgan fingerprint density at radius 1 is 1.41 bits per heavy atom. The van der Waals surface area contributed by atoms with Crippen molar-refractivity contribution in [2.75, 3.05) is 0 Å². The highest BCUT2D eigenvalue weighted by molar-refractivity contribution is 5.91. The third kappa shape index (κ3) is 2.95. The molecule has 1 aromatic heterocycles. The van der Waals surface area contributed by atoms with E-state index in [4.69, 9.17) is 0 Å². The average molecular weight is 307 g/mol. The summed E-state index contributed by atoms with van der Waals surface area (Å²) in [6.45, 7) is 3.70. The maximum Gasteiger partial charge on any atom is 0.361 e. The van der Waals surface area contributed by atoms with Crippen LogP contribution in [0.1, 0.15) is 30.0 Å². The van der Waals surface area contributed by atoms with Gasteiger partial charge in [0.25, 0.3) is 0 Å². The normalized spacial score (nSPS) is 10.9. The van der Waals surface area contributed by atoms with Crippen LogP contribution in [0.15, 0.2) is 24.3 Å². The highest BCUT2D eigenvalue weighted by Gasteiger charge is 2.33. The molecule has 0 spiro atoms. The molecule has 0 bridgehead atoms. The lowest BCUT2D eigenvalue weighted by Crippen LogP contribution is -2.09. The maximum absolute atomic E-state index is 13.0. The maximum atomic E-state index is 13.0. The van der Waals surface area contributed by atoms with E-state index in [0.29, 0.717) is 0 Å². The number of carboxylic acid groups (broad SMARTS) is 1. The zero-order chi connectivity index (χ0) is 16.4. The summed E-state index contributed by atoms with van der Waals surface area (Å²) in [6, 6.07) is 4.91. The van der Waals surface area contributed by atoms with E-state index in [1.165, 1.54) is 12.1 Å². The Balaban J connectivity index is 2.69. The van der Waals surface area contributed by atoms with Gasteiger partial charge >= 0.3 is 11.7 Å². The minimum atomic E-state index is -1.46. The third-order valence-corrected chi connectivity index (χ3v) is 2.99. The van der Waals surface area contributed by atoms with E-state index in [1.807, 2.05) is 13.8 Å². The molecule has 0 aliphatic heterocycles. The van der Waals surface area contributed by atoms with Crippen LogP contribution >= 0.6 is 0 Å². The highest BCUT2D eigenvalue weighted by atomic mass is 19.1. The molecule has 0 aliphatic carbocycles. The Kier molecular flexibility index (Phi) is 4.20. The number of carboxylic acids is 1. The van der Waals surface area contributed by atoms with Gasteiger partial charge in [0.15, 0.2) is 0 Å². The smallest absolute Gasteiger partial charge is 0.361 e.